The predicted octanol–water partition coefficient (Wildman–Crippen LogP) is 1.54. The molecule has 1 amide bonds. The van der Waals surface area contributed by atoms with Crippen molar-refractivity contribution in [2.75, 3.05) is 6.61 Å². The highest BCUT2D eigenvalue weighted by atomic mass is 16.5. The van der Waals surface area contributed by atoms with Crippen LogP contribution in [0.15, 0.2) is 24.3 Å². The number of aromatic amines is 1. The van der Waals surface area contributed by atoms with Gasteiger partial charge in [-0.25, -0.2) is 0 Å². The molecule has 1 heterocycles. The van der Waals surface area contributed by atoms with Crippen molar-refractivity contribution in [2.45, 2.75) is 32.7 Å². The Bertz CT molecular complexity index is 571. The Morgan fingerprint density at radius 1 is 1.43 bits per heavy atom. The molecule has 0 saturated carbocycles. The minimum absolute atomic E-state index is 0.0549. The van der Waals surface area contributed by atoms with Crippen LogP contribution in [0.4, 0.5) is 0 Å². The molecule has 7 nitrogen and oxygen atoms in total. The second-order valence-electron chi connectivity index (χ2n) is 4.78. The molecule has 21 heavy (non-hydrogen) atoms. The molecule has 1 unspecified atom stereocenters. The van der Waals surface area contributed by atoms with Gasteiger partial charge in [0.05, 0.1) is 12.6 Å². The minimum atomic E-state index is -0.256. The summed E-state index contributed by atoms with van der Waals surface area (Å²) in [5.74, 6) is 1.28. The number of amides is 1. The SMILES string of the molecule is Cc1ccccc1OCCCC(=O)NC(C)c1nn[nH]n1. The number of aryl methyl sites for hydroxylation is 1. The summed E-state index contributed by atoms with van der Waals surface area (Å²) >= 11 is 0. The van der Waals surface area contributed by atoms with Crippen molar-refractivity contribution in [1.82, 2.24) is 25.9 Å². The number of nitrogens with one attached hydrogen (secondary N) is 2. The third-order valence-corrected chi connectivity index (χ3v) is 3.03. The number of benzene rings is 1. The maximum Gasteiger partial charge on any atom is 0.220 e. The lowest BCUT2D eigenvalue weighted by Gasteiger charge is -2.11. The van der Waals surface area contributed by atoms with Gasteiger partial charge in [-0.2, -0.15) is 5.21 Å². The average Bonchev–Trinajstić information content (AvgIpc) is 2.99. The Morgan fingerprint density at radius 2 is 2.24 bits per heavy atom. The van der Waals surface area contributed by atoms with E-state index in [-0.39, 0.29) is 11.9 Å². The summed E-state index contributed by atoms with van der Waals surface area (Å²) < 4.78 is 5.64. The van der Waals surface area contributed by atoms with Crippen LogP contribution in [-0.2, 0) is 4.79 Å². The topological polar surface area (TPSA) is 92.8 Å². The lowest BCUT2D eigenvalue weighted by molar-refractivity contribution is -0.122. The quantitative estimate of drug-likeness (QED) is 0.754. The van der Waals surface area contributed by atoms with E-state index < -0.39 is 0 Å². The smallest absolute Gasteiger partial charge is 0.220 e. The standard InChI is InChI=1S/C14H19N5O2/c1-10-6-3-4-7-12(10)21-9-5-8-13(20)15-11(2)14-16-18-19-17-14/h3-4,6-7,11H,5,8-9H2,1-2H3,(H,15,20)(H,16,17,18,19). The van der Waals surface area contributed by atoms with Crippen molar-refractivity contribution >= 4 is 5.91 Å². The zero-order chi connectivity index (χ0) is 15.1. The van der Waals surface area contributed by atoms with Crippen molar-refractivity contribution in [3.05, 3.63) is 35.7 Å². The van der Waals surface area contributed by atoms with Gasteiger partial charge in [0.1, 0.15) is 5.75 Å². The highest BCUT2D eigenvalue weighted by Crippen LogP contribution is 2.16. The fourth-order valence-electron chi connectivity index (χ4n) is 1.86. The van der Waals surface area contributed by atoms with Crippen LogP contribution in [0.2, 0.25) is 0 Å². The fourth-order valence-corrected chi connectivity index (χ4v) is 1.86. The van der Waals surface area contributed by atoms with E-state index in [0.29, 0.717) is 25.3 Å². The lowest BCUT2D eigenvalue weighted by Crippen LogP contribution is -2.27. The van der Waals surface area contributed by atoms with Crippen molar-refractivity contribution < 1.29 is 9.53 Å². The van der Waals surface area contributed by atoms with Crippen molar-refractivity contribution in [1.29, 1.82) is 0 Å². The van der Waals surface area contributed by atoms with E-state index >= 15 is 0 Å². The molecule has 0 aliphatic heterocycles. The Kier molecular flexibility index (Phi) is 5.25. The number of hydrogen-bond donors (Lipinski definition) is 2. The van der Waals surface area contributed by atoms with Crippen LogP contribution >= 0.6 is 0 Å². The molecule has 0 fully saturated rings. The van der Waals surface area contributed by atoms with E-state index in [4.69, 9.17) is 4.74 Å². The predicted molar refractivity (Wildman–Crippen MR) is 76.6 cm³/mol. The van der Waals surface area contributed by atoms with Crippen LogP contribution in [0.1, 0.15) is 37.2 Å². The molecule has 7 heteroatoms. The number of rotatable bonds is 7. The normalized spacial score (nSPS) is 11.9. The monoisotopic (exact) mass is 289 g/mol. The molecule has 2 N–H and O–H groups in total. The summed E-state index contributed by atoms with van der Waals surface area (Å²) in [7, 11) is 0. The van der Waals surface area contributed by atoms with Gasteiger partial charge in [0.15, 0.2) is 5.82 Å². The van der Waals surface area contributed by atoms with E-state index in [0.717, 1.165) is 11.3 Å². The summed E-state index contributed by atoms with van der Waals surface area (Å²) in [6, 6.07) is 7.56. The Balaban J connectivity index is 1.67. The average molecular weight is 289 g/mol. The number of carbonyl (C=O) groups excluding carboxylic acids is 1. The molecule has 1 aromatic heterocycles. The molecule has 2 rings (SSSR count). The largest absolute Gasteiger partial charge is 0.493 e. The minimum Gasteiger partial charge on any atom is -0.493 e. The van der Waals surface area contributed by atoms with Gasteiger partial charge < -0.3 is 10.1 Å². The summed E-state index contributed by atoms with van der Waals surface area (Å²) in [4.78, 5) is 11.8. The van der Waals surface area contributed by atoms with Crippen molar-refractivity contribution in [3.8, 4) is 5.75 Å². The maximum absolute atomic E-state index is 11.8. The number of aromatic nitrogens is 4. The lowest BCUT2D eigenvalue weighted by atomic mass is 10.2. The van der Waals surface area contributed by atoms with Crippen LogP contribution in [-0.4, -0.2) is 33.1 Å². The molecule has 1 atom stereocenters. The van der Waals surface area contributed by atoms with Crippen LogP contribution < -0.4 is 10.1 Å². The first-order chi connectivity index (χ1) is 10.2. The van der Waals surface area contributed by atoms with E-state index in [1.165, 1.54) is 0 Å². The van der Waals surface area contributed by atoms with Gasteiger partial charge >= 0.3 is 0 Å². The van der Waals surface area contributed by atoms with Crippen LogP contribution in [0, 0.1) is 6.92 Å². The van der Waals surface area contributed by atoms with E-state index in [1.807, 2.05) is 38.1 Å². The number of H-pyrrole nitrogens is 1. The summed E-state index contributed by atoms with van der Waals surface area (Å²) in [6.07, 6.45) is 1.05. The number of carbonyl (C=O) groups is 1. The molecule has 112 valence electrons. The van der Waals surface area contributed by atoms with Gasteiger partial charge in [-0.15, -0.1) is 10.2 Å². The molecule has 0 bridgehead atoms. The first-order valence-corrected chi connectivity index (χ1v) is 6.88. The third kappa shape index (κ3) is 4.55. The molecular formula is C14H19N5O2. The van der Waals surface area contributed by atoms with Gasteiger partial charge in [-0.05, 0) is 31.9 Å². The van der Waals surface area contributed by atoms with Crippen molar-refractivity contribution in [3.63, 3.8) is 0 Å². The van der Waals surface area contributed by atoms with Crippen LogP contribution in [0.25, 0.3) is 0 Å². The highest BCUT2D eigenvalue weighted by molar-refractivity contribution is 5.76. The summed E-state index contributed by atoms with van der Waals surface area (Å²) in [5, 5.41) is 16.3. The fraction of sp³-hybridized carbons (Fsp3) is 0.429. The van der Waals surface area contributed by atoms with E-state index in [9.17, 15) is 4.79 Å². The van der Waals surface area contributed by atoms with E-state index in [1.54, 1.807) is 0 Å². The second kappa shape index (κ2) is 7.37. The number of para-hydroxylation sites is 1. The Labute approximate surface area is 123 Å². The summed E-state index contributed by atoms with van der Waals surface area (Å²) in [5.41, 5.74) is 1.09. The van der Waals surface area contributed by atoms with Crippen molar-refractivity contribution in [2.24, 2.45) is 0 Å². The summed E-state index contributed by atoms with van der Waals surface area (Å²) in [6.45, 7) is 4.32. The number of hydrogen-bond acceptors (Lipinski definition) is 5. The molecule has 1 aromatic carbocycles. The van der Waals surface area contributed by atoms with Gasteiger partial charge in [0.2, 0.25) is 5.91 Å². The molecule has 0 spiro atoms. The third-order valence-electron chi connectivity index (χ3n) is 3.03. The Morgan fingerprint density at radius 3 is 2.95 bits per heavy atom. The van der Waals surface area contributed by atoms with E-state index in [2.05, 4.69) is 25.9 Å². The molecule has 0 aliphatic rings. The van der Waals surface area contributed by atoms with Gasteiger partial charge in [-0.3, -0.25) is 4.79 Å². The highest BCUT2D eigenvalue weighted by Gasteiger charge is 2.12. The number of tetrazole rings is 1. The van der Waals surface area contributed by atoms with Crippen LogP contribution in [0.3, 0.4) is 0 Å². The Hall–Kier alpha value is -2.44. The molecule has 2 aromatic rings. The van der Waals surface area contributed by atoms with Gasteiger partial charge in [-0.1, -0.05) is 23.4 Å². The maximum atomic E-state index is 11.8. The van der Waals surface area contributed by atoms with Gasteiger partial charge in [0.25, 0.3) is 0 Å². The molecule has 0 aliphatic carbocycles. The van der Waals surface area contributed by atoms with Crippen LogP contribution in [0.5, 0.6) is 5.75 Å². The zero-order valence-corrected chi connectivity index (χ0v) is 12.2. The number of ether oxygens (including phenoxy) is 1. The zero-order valence-electron chi connectivity index (χ0n) is 12.2. The first-order valence-electron chi connectivity index (χ1n) is 6.88. The number of nitrogens with zero attached hydrogens (tertiary/aromatic N) is 3. The first kappa shape index (κ1) is 15.0. The molecule has 0 radical (unpaired) electrons. The molecule has 0 saturated heterocycles. The molecular weight excluding hydrogens is 270 g/mol. The second-order valence-corrected chi connectivity index (χ2v) is 4.78. The van der Waals surface area contributed by atoms with Gasteiger partial charge in [0, 0.05) is 6.42 Å².